The SMILES string of the molecule is C=C(Br)Cn1cc(C(=O)O)c(C)n1. The Morgan fingerprint density at radius 2 is 2.46 bits per heavy atom. The number of allylic oxidation sites excluding steroid dienone is 1. The molecule has 4 nitrogen and oxygen atoms in total. The molecule has 5 heteroatoms. The van der Waals surface area contributed by atoms with Gasteiger partial charge in [-0.2, -0.15) is 5.10 Å². The van der Waals surface area contributed by atoms with E-state index in [4.69, 9.17) is 5.11 Å². The van der Waals surface area contributed by atoms with Crippen molar-refractivity contribution in [3.8, 4) is 0 Å². The van der Waals surface area contributed by atoms with Crippen molar-refractivity contribution in [2.24, 2.45) is 0 Å². The van der Waals surface area contributed by atoms with Gasteiger partial charge in [-0.15, -0.1) is 0 Å². The lowest BCUT2D eigenvalue weighted by Crippen LogP contribution is -1.97. The summed E-state index contributed by atoms with van der Waals surface area (Å²) in [7, 11) is 0. The van der Waals surface area contributed by atoms with Crippen molar-refractivity contribution in [2.45, 2.75) is 13.5 Å². The van der Waals surface area contributed by atoms with E-state index < -0.39 is 5.97 Å². The number of carboxylic acid groups (broad SMARTS) is 1. The van der Waals surface area contributed by atoms with E-state index in [0.29, 0.717) is 12.2 Å². The third-order valence-corrected chi connectivity index (χ3v) is 1.76. The zero-order chi connectivity index (χ0) is 10.0. The van der Waals surface area contributed by atoms with Crippen LogP contribution in [0.3, 0.4) is 0 Å². The van der Waals surface area contributed by atoms with Crippen LogP contribution < -0.4 is 0 Å². The molecule has 0 fully saturated rings. The third kappa shape index (κ3) is 2.42. The number of carboxylic acids is 1. The van der Waals surface area contributed by atoms with Crippen LogP contribution in [0.25, 0.3) is 0 Å². The molecule has 0 aliphatic rings. The predicted molar refractivity (Wildman–Crippen MR) is 52.0 cm³/mol. The molecule has 0 spiro atoms. The van der Waals surface area contributed by atoms with Gasteiger partial charge in [-0.25, -0.2) is 4.79 Å². The van der Waals surface area contributed by atoms with Gasteiger partial charge in [0.25, 0.3) is 0 Å². The second kappa shape index (κ2) is 3.74. The Kier molecular flexibility index (Phi) is 2.87. The fraction of sp³-hybridized carbons (Fsp3) is 0.250. The molecule has 1 aromatic heterocycles. The van der Waals surface area contributed by atoms with Crippen LogP contribution in [0.5, 0.6) is 0 Å². The smallest absolute Gasteiger partial charge is 0.339 e. The zero-order valence-electron chi connectivity index (χ0n) is 7.12. The molecule has 13 heavy (non-hydrogen) atoms. The summed E-state index contributed by atoms with van der Waals surface area (Å²) in [4.78, 5) is 10.6. The second-order valence-electron chi connectivity index (χ2n) is 2.65. The summed E-state index contributed by atoms with van der Waals surface area (Å²) >= 11 is 3.18. The van der Waals surface area contributed by atoms with Crippen LogP contribution in [0, 0.1) is 6.92 Å². The summed E-state index contributed by atoms with van der Waals surface area (Å²) in [6.07, 6.45) is 1.49. The van der Waals surface area contributed by atoms with E-state index in [1.54, 1.807) is 6.92 Å². The lowest BCUT2D eigenvalue weighted by Gasteiger charge is -1.96. The molecule has 0 saturated carbocycles. The van der Waals surface area contributed by atoms with Crippen LogP contribution in [-0.4, -0.2) is 20.9 Å². The molecular formula is C8H9BrN2O2. The van der Waals surface area contributed by atoms with Crippen molar-refractivity contribution < 1.29 is 9.90 Å². The van der Waals surface area contributed by atoms with Gasteiger partial charge in [0.1, 0.15) is 5.56 Å². The molecule has 1 rings (SSSR count). The Labute approximate surface area is 84.0 Å². The Hall–Kier alpha value is -1.10. The van der Waals surface area contributed by atoms with Crippen LogP contribution in [-0.2, 0) is 6.54 Å². The average molecular weight is 245 g/mol. The Bertz CT molecular complexity index is 357. The molecule has 1 heterocycles. The lowest BCUT2D eigenvalue weighted by atomic mass is 10.3. The highest BCUT2D eigenvalue weighted by Crippen LogP contribution is 2.09. The number of hydrogen-bond donors (Lipinski definition) is 1. The molecule has 0 bridgehead atoms. The van der Waals surface area contributed by atoms with Crippen LogP contribution in [0.1, 0.15) is 16.1 Å². The van der Waals surface area contributed by atoms with E-state index >= 15 is 0 Å². The van der Waals surface area contributed by atoms with Crippen molar-refractivity contribution in [1.29, 1.82) is 0 Å². The summed E-state index contributed by atoms with van der Waals surface area (Å²) in [6.45, 7) is 5.79. The van der Waals surface area contributed by atoms with Gasteiger partial charge in [-0.05, 0) is 6.92 Å². The van der Waals surface area contributed by atoms with Gasteiger partial charge >= 0.3 is 5.97 Å². The first-order valence-electron chi connectivity index (χ1n) is 3.61. The standard InChI is InChI=1S/C8H9BrN2O2/c1-5(9)3-11-4-7(8(12)13)6(2)10-11/h4H,1,3H2,2H3,(H,12,13). The normalized spacial score (nSPS) is 10.0. The van der Waals surface area contributed by atoms with E-state index in [2.05, 4.69) is 27.6 Å². The van der Waals surface area contributed by atoms with Gasteiger partial charge in [0.05, 0.1) is 12.2 Å². The molecule has 0 amide bonds. The van der Waals surface area contributed by atoms with Crippen LogP contribution in [0.15, 0.2) is 17.3 Å². The summed E-state index contributed by atoms with van der Waals surface area (Å²) in [5, 5.41) is 12.7. The number of aromatic carboxylic acids is 1. The number of aromatic nitrogens is 2. The molecule has 1 N–H and O–H groups in total. The fourth-order valence-corrected chi connectivity index (χ4v) is 1.24. The van der Waals surface area contributed by atoms with Gasteiger partial charge in [0.2, 0.25) is 0 Å². The first kappa shape index (κ1) is 9.98. The van der Waals surface area contributed by atoms with Gasteiger partial charge < -0.3 is 5.11 Å². The van der Waals surface area contributed by atoms with E-state index in [0.717, 1.165) is 4.48 Å². The first-order valence-corrected chi connectivity index (χ1v) is 4.40. The molecule has 0 unspecified atom stereocenters. The van der Waals surface area contributed by atoms with Gasteiger partial charge in [-0.1, -0.05) is 22.5 Å². The number of nitrogens with zero attached hydrogens (tertiary/aromatic N) is 2. The molecule has 0 aliphatic heterocycles. The van der Waals surface area contributed by atoms with Crippen molar-refractivity contribution >= 4 is 21.9 Å². The summed E-state index contributed by atoms with van der Waals surface area (Å²) in [6, 6.07) is 0. The van der Waals surface area contributed by atoms with Crippen molar-refractivity contribution in [1.82, 2.24) is 9.78 Å². The third-order valence-electron chi connectivity index (χ3n) is 1.51. The zero-order valence-corrected chi connectivity index (χ0v) is 8.71. The highest BCUT2D eigenvalue weighted by Gasteiger charge is 2.11. The van der Waals surface area contributed by atoms with E-state index in [-0.39, 0.29) is 5.56 Å². The minimum absolute atomic E-state index is 0.230. The Morgan fingerprint density at radius 3 is 2.85 bits per heavy atom. The van der Waals surface area contributed by atoms with Gasteiger partial charge in [-0.3, -0.25) is 4.68 Å². The second-order valence-corrected chi connectivity index (χ2v) is 3.77. The highest BCUT2D eigenvalue weighted by molar-refractivity contribution is 9.11. The maximum Gasteiger partial charge on any atom is 0.339 e. The quantitative estimate of drug-likeness (QED) is 0.883. The lowest BCUT2D eigenvalue weighted by molar-refractivity contribution is 0.0696. The maximum atomic E-state index is 10.6. The first-order chi connectivity index (χ1) is 6.00. The Morgan fingerprint density at radius 1 is 1.85 bits per heavy atom. The summed E-state index contributed by atoms with van der Waals surface area (Å²) in [5.74, 6) is -0.955. The van der Waals surface area contributed by atoms with E-state index in [9.17, 15) is 4.79 Å². The Balaban J connectivity index is 2.95. The maximum absolute atomic E-state index is 10.6. The predicted octanol–water partition coefficient (Wildman–Crippen LogP) is 1.80. The molecule has 70 valence electrons. The molecule has 0 atom stereocenters. The van der Waals surface area contributed by atoms with Crippen LogP contribution in [0.4, 0.5) is 0 Å². The van der Waals surface area contributed by atoms with E-state index in [1.807, 2.05) is 0 Å². The molecule has 0 aliphatic carbocycles. The minimum Gasteiger partial charge on any atom is -0.478 e. The number of rotatable bonds is 3. The van der Waals surface area contributed by atoms with Crippen molar-refractivity contribution in [3.05, 3.63) is 28.5 Å². The molecule has 1 aromatic rings. The average Bonchev–Trinajstić information content (AvgIpc) is 2.29. The topological polar surface area (TPSA) is 55.1 Å². The molecule has 0 aromatic carbocycles. The minimum atomic E-state index is -0.955. The highest BCUT2D eigenvalue weighted by atomic mass is 79.9. The molecular weight excluding hydrogens is 236 g/mol. The number of halogens is 1. The van der Waals surface area contributed by atoms with Crippen molar-refractivity contribution in [2.75, 3.05) is 0 Å². The number of hydrogen-bond acceptors (Lipinski definition) is 2. The van der Waals surface area contributed by atoms with E-state index in [1.165, 1.54) is 10.9 Å². The van der Waals surface area contributed by atoms with Gasteiger partial charge in [0.15, 0.2) is 0 Å². The van der Waals surface area contributed by atoms with Gasteiger partial charge in [0, 0.05) is 10.7 Å². The van der Waals surface area contributed by atoms with Crippen LogP contribution >= 0.6 is 15.9 Å². The summed E-state index contributed by atoms with van der Waals surface area (Å²) < 4.78 is 2.29. The summed E-state index contributed by atoms with van der Waals surface area (Å²) in [5.41, 5.74) is 0.745. The van der Waals surface area contributed by atoms with Crippen LogP contribution in [0.2, 0.25) is 0 Å². The van der Waals surface area contributed by atoms with Crippen molar-refractivity contribution in [3.63, 3.8) is 0 Å². The number of aryl methyl sites for hydroxylation is 1. The number of carbonyl (C=O) groups is 1. The fourth-order valence-electron chi connectivity index (χ4n) is 0.985. The molecule has 0 saturated heterocycles. The largest absolute Gasteiger partial charge is 0.478 e. The monoisotopic (exact) mass is 244 g/mol. The molecule has 0 radical (unpaired) electrons.